The van der Waals surface area contributed by atoms with Gasteiger partial charge in [0.15, 0.2) is 0 Å². The summed E-state index contributed by atoms with van der Waals surface area (Å²) < 4.78 is 14.2. The van der Waals surface area contributed by atoms with Crippen molar-refractivity contribution in [3.8, 4) is 5.69 Å². The molecule has 8 heteroatoms. The maximum atomic E-state index is 13.1. The first-order valence-corrected chi connectivity index (χ1v) is 8.66. The van der Waals surface area contributed by atoms with E-state index in [1.165, 1.54) is 16.8 Å². The molecule has 0 spiro atoms. The fraction of sp³-hybridized carbons (Fsp3) is 0.211. The predicted octanol–water partition coefficient (Wildman–Crippen LogP) is 1.66. The Kier molecular flexibility index (Phi) is 4.45. The van der Waals surface area contributed by atoms with E-state index in [1.54, 1.807) is 41.3 Å². The molecule has 2 heterocycles. The fourth-order valence-corrected chi connectivity index (χ4v) is 3.13. The molecule has 1 aliphatic rings. The predicted molar refractivity (Wildman–Crippen MR) is 98.7 cm³/mol. The van der Waals surface area contributed by atoms with Gasteiger partial charge in [-0.2, -0.15) is 4.68 Å². The second-order valence-corrected chi connectivity index (χ2v) is 6.28. The molecule has 27 heavy (non-hydrogen) atoms. The number of carbonyl (C=O) groups is 1. The van der Waals surface area contributed by atoms with Gasteiger partial charge in [-0.3, -0.25) is 9.78 Å². The minimum Gasteiger partial charge on any atom is -0.368 e. The first-order chi connectivity index (χ1) is 13.1. The zero-order valence-electron chi connectivity index (χ0n) is 14.5. The lowest BCUT2D eigenvalue weighted by Crippen LogP contribution is -2.49. The Morgan fingerprint density at radius 2 is 1.59 bits per heavy atom. The molecular formula is C19H18FN5O2. The molecule has 3 aromatic rings. The molecule has 4 rings (SSSR count). The van der Waals surface area contributed by atoms with Crippen LogP contribution in [0.2, 0.25) is 0 Å². The highest BCUT2D eigenvalue weighted by Gasteiger charge is 2.25. The number of hydrogen-bond acceptors (Lipinski definition) is 4. The van der Waals surface area contributed by atoms with Crippen LogP contribution in [-0.2, 0) is 0 Å². The van der Waals surface area contributed by atoms with Gasteiger partial charge in [-0.1, -0.05) is 18.2 Å². The fourth-order valence-electron chi connectivity index (χ4n) is 3.13. The standard InChI is InChI=1S/C19H18FN5O2/c20-14-6-8-15(9-7-14)23-10-12-24(13-11-23)18(26)17-21-19(27)25(22-17)16-4-2-1-3-5-16/h1-9H,10-13H2,(H,21,22,27). The summed E-state index contributed by atoms with van der Waals surface area (Å²) in [7, 11) is 0. The van der Waals surface area contributed by atoms with Gasteiger partial charge >= 0.3 is 5.69 Å². The van der Waals surface area contributed by atoms with Crippen molar-refractivity contribution in [2.75, 3.05) is 31.1 Å². The Hall–Kier alpha value is -3.42. The monoisotopic (exact) mass is 367 g/mol. The Bertz CT molecular complexity index is 989. The average Bonchev–Trinajstić information content (AvgIpc) is 3.10. The number of carbonyl (C=O) groups excluding carboxylic acids is 1. The van der Waals surface area contributed by atoms with E-state index in [4.69, 9.17) is 0 Å². The Morgan fingerprint density at radius 1 is 0.926 bits per heavy atom. The largest absolute Gasteiger partial charge is 0.368 e. The molecule has 1 amide bonds. The van der Waals surface area contributed by atoms with Crippen LogP contribution in [0.4, 0.5) is 10.1 Å². The van der Waals surface area contributed by atoms with E-state index in [0.717, 1.165) is 5.69 Å². The van der Waals surface area contributed by atoms with Gasteiger partial charge in [-0.25, -0.2) is 9.18 Å². The van der Waals surface area contributed by atoms with Crippen molar-refractivity contribution >= 4 is 11.6 Å². The van der Waals surface area contributed by atoms with Gasteiger partial charge < -0.3 is 9.80 Å². The molecule has 1 aromatic heterocycles. The molecule has 2 aromatic carbocycles. The molecule has 0 bridgehead atoms. The van der Waals surface area contributed by atoms with E-state index in [9.17, 15) is 14.0 Å². The van der Waals surface area contributed by atoms with Crippen molar-refractivity contribution in [1.82, 2.24) is 19.7 Å². The van der Waals surface area contributed by atoms with Crippen molar-refractivity contribution in [3.63, 3.8) is 0 Å². The Balaban J connectivity index is 1.45. The lowest BCUT2D eigenvalue weighted by Gasteiger charge is -2.35. The van der Waals surface area contributed by atoms with Gasteiger partial charge in [0.1, 0.15) is 5.82 Å². The number of piperazine rings is 1. The topological polar surface area (TPSA) is 74.2 Å². The van der Waals surface area contributed by atoms with Gasteiger partial charge in [0.2, 0.25) is 5.82 Å². The second kappa shape index (κ2) is 7.06. The van der Waals surface area contributed by atoms with Crippen LogP contribution in [0, 0.1) is 5.82 Å². The average molecular weight is 367 g/mol. The van der Waals surface area contributed by atoms with Gasteiger partial charge in [0.25, 0.3) is 5.91 Å². The molecule has 0 unspecified atom stereocenters. The highest BCUT2D eigenvalue weighted by atomic mass is 19.1. The number of H-pyrrole nitrogens is 1. The van der Waals surface area contributed by atoms with Crippen molar-refractivity contribution in [1.29, 1.82) is 0 Å². The van der Waals surface area contributed by atoms with Crippen molar-refractivity contribution < 1.29 is 9.18 Å². The number of hydrogen-bond donors (Lipinski definition) is 1. The third-order valence-electron chi connectivity index (χ3n) is 4.58. The molecule has 138 valence electrons. The van der Waals surface area contributed by atoms with Crippen LogP contribution >= 0.6 is 0 Å². The zero-order chi connectivity index (χ0) is 18.8. The van der Waals surface area contributed by atoms with Crippen LogP contribution in [0.15, 0.2) is 59.4 Å². The highest BCUT2D eigenvalue weighted by Crippen LogP contribution is 2.17. The number of para-hydroxylation sites is 1. The lowest BCUT2D eigenvalue weighted by molar-refractivity contribution is 0.0734. The van der Waals surface area contributed by atoms with E-state index in [-0.39, 0.29) is 17.5 Å². The third-order valence-corrected chi connectivity index (χ3v) is 4.58. The summed E-state index contributed by atoms with van der Waals surface area (Å²) >= 11 is 0. The summed E-state index contributed by atoms with van der Waals surface area (Å²) in [6.07, 6.45) is 0. The van der Waals surface area contributed by atoms with Crippen molar-refractivity contribution in [2.24, 2.45) is 0 Å². The number of benzene rings is 2. The van der Waals surface area contributed by atoms with Crippen molar-refractivity contribution in [3.05, 3.63) is 76.7 Å². The molecule has 1 fully saturated rings. The van der Waals surface area contributed by atoms with Gasteiger partial charge in [-0.15, -0.1) is 5.10 Å². The van der Waals surface area contributed by atoms with E-state index in [0.29, 0.717) is 31.9 Å². The van der Waals surface area contributed by atoms with E-state index < -0.39 is 5.69 Å². The van der Waals surface area contributed by atoms with E-state index in [1.807, 2.05) is 6.07 Å². The number of nitrogens with zero attached hydrogens (tertiary/aromatic N) is 4. The summed E-state index contributed by atoms with van der Waals surface area (Å²) in [6, 6.07) is 15.2. The zero-order valence-corrected chi connectivity index (χ0v) is 14.5. The minimum absolute atomic E-state index is 0.0269. The summed E-state index contributed by atoms with van der Waals surface area (Å²) in [5.74, 6) is -0.551. The van der Waals surface area contributed by atoms with E-state index >= 15 is 0 Å². The number of nitrogens with one attached hydrogen (secondary N) is 1. The molecule has 0 radical (unpaired) electrons. The lowest BCUT2D eigenvalue weighted by atomic mass is 10.2. The maximum absolute atomic E-state index is 13.1. The number of anilines is 1. The first kappa shape index (κ1) is 17.0. The Morgan fingerprint density at radius 3 is 2.26 bits per heavy atom. The third kappa shape index (κ3) is 3.46. The maximum Gasteiger partial charge on any atom is 0.348 e. The molecule has 1 aliphatic heterocycles. The van der Waals surface area contributed by atoms with Crippen LogP contribution in [-0.4, -0.2) is 51.8 Å². The minimum atomic E-state index is -0.450. The van der Waals surface area contributed by atoms with Crippen LogP contribution < -0.4 is 10.6 Å². The molecular weight excluding hydrogens is 349 g/mol. The summed E-state index contributed by atoms with van der Waals surface area (Å²) in [5, 5.41) is 4.14. The van der Waals surface area contributed by atoms with Crippen LogP contribution in [0.1, 0.15) is 10.6 Å². The number of aromatic nitrogens is 3. The summed E-state index contributed by atoms with van der Waals surface area (Å²) in [4.78, 5) is 31.1. The van der Waals surface area contributed by atoms with Gasteiger partial charge in [-0.05, 0) is 36.4 Å². The first-order valence-electron chi connectivity index (χ1n) is 8.66. The van der Waals surface area contributed by atoms with Gasteiger partial charge in [0, 0.05) is 31.9 Å². The van der Waals surface area contributed by atoms with Gasteiger partial charge in [0.05, 0.1) is 5.69 Å². The van der Waals surface area contributed by atoms with E-state index in [2.05, 4.69) is 15.0 Å². The number of halogens is 1. The van der Waals surface area contributed by atoms with Crippen LogP contribution in [0.3, 0.4) is 0 Å². The SMILES string of the molecule is O=C(c1nn(-c2ccccc2)c(=O)[nH]1)N1CCN(c2ccc(F)cc2)CC1. The summed E-state index contributed by atoms with van der Waals surface area (Å²) in [5.41, 5.74) is 1.07. The number of rotatable bonds is 3. The van der Waals surface area contributed by atoms with Crippen molar-refractivity contribution in [2.45, 2.75) is 0 Å². The molecule has 0 aliphatic carbocycles. The molecule has 0 saturated carbocycles. The van der Waals surface area contributed by atoms with Crippen LogP contribution in [0.25, 0.3) is 5.69 Å². The highest BCUT2D eigenvalue weighted by molar-refractivity contribution is 5.90. The Labute approximate surface area is 154 Å². The molecule has 1 saturated heterocycles. The molecule has 7 nitrogen and oxygen atoms in total. The second-order valence-electron chi connectivity index (χ2n) is 6.28. The quantitative estimate of drug-likeness (QED) is 0.764. The normalized spacial score (nSPS) is 14.4. The van der Waals surface area contributed by atoms with Crippen LogP contribution in [0.5, 0.6) is 0 Å². The number of amides is 1. The molecule has 0 atom stereocenters. The molecule has 1 N–H and O–H groups in total. The smallest absolute Gasteiger partial charge is 0.348 e. The number of aromatic amines is 1. The summed E-state index contributed by atoms with van der Waals surface area (Å²) in [6.45, 7) is 2.24.